The average molecular weight is 330 g/mol. The Balaban J connectivity index is 2.25. The van der Waals surface area contributed by atoms with Crippen molar-refractivity contribution in [3.8, 4) is 0 Å². The van der Waals surface area contributed by atoms with Crippen molar-refractivity contribution >= 4 is 38.9 Å². The van der Waals surface area contributed by atoms with Crippen molar-refractivity contribution < 1.29 is 22.5 Å². The van der Waals surface area contributed by atoms with Crippen LogP contribution in [0.25, 0.3) is 11.0 Å². The number of rotatable bonds is 5. The Hall–Kier alpha value is -1.58. The Morgan fingerprint density at radius 2 is 2.24 bits per heavy atom. The summed E-state index contributed by atoms with van der Waals surface area (Å²) in [5.41, 5.74) is 1.00. The van der Waals surface area contributed by atoms with Crippen LogP contribution in [0.2, 0.25) is 0 Å². The highest BCUT2D eigenvalue weighted by Gasteiger charge is 2.18. The van der Waals surface area contributed by atoms with Gasteiger partial charge in [-0.1, -0.05) is 11.8 Å². The number of thioether (sulfide) groups is 1. The van der Waals surface area contributed by atoms with Crippen LogP contribution in [0.4, 0.5) is 0 Å². The monoisotopic (exact) mass is 330 g/mol. The van der Waals surface area contributed by atoms with Crippen molar-refractivity contribution in [3.05, 3.63) is 18.2 Å². The van der Waals surface area contributed by atoms with Crippen LogP contribution in [0.5, 0.6) is 0 Å². The summed E-state index contributed by atoms with van der Waals surface area (Å²) < 4.78 is 36.1. The highest BCUT2D eigenvalue weighted by Crippen LogP contribution is 2.25. The number of hydrogen-bond donors (Lipinski definition) is 2. The first-order chi connectivity index (χ1) is 9.81. The van der Waals surface area contributed by atoms with Gasteiger partial charge in [0.15, 0.2) is 5.16 Å². The Morgan fingerprint density at radius 3 is 2.86 bits per heavy atom. The first kappa shape index (κ1) is 15.8. The van der Waals surface area contributed by atoms with E-state index in [4.69, 9.17) is 9.29 Å². The SMILES string of the molecule is CCOC(=O)C(C)Sc1nc2ccc(S(=O)(=O)O)cc2[nH]1. The molecule has 0 fully saturated rings. The van der Waals surface area contributed by atoms with Crippen molar-refractivity contribution in [2.45, 2.75) is 29.1 Å². The molecule has 0 amide bonds. The zero-order valence-corrected chi connectivity index (χ0v) is 13.0. The number of nitrogens with zero attached hydrogens (tertiary/aromatic N) is 1. The minimum atomic E-state index is -4.26. The van der Waals surface area contributed by atoms with Crippen LogP contribution in [-0.4, -0.2) is 40.8 Å². The molecule has 0 bridgehead atoms. The van der Waals surface area contributed by atoms with Gasteiger partial charge >= 0.3 is 5.97 Å². The fourth-order valence-corrected chi connectivity index (χ4v) is 2.98. The summed E-state index contributed by atoms with van der Waals surface area (Å²) in [5, 5.41) is 0.0320. The average Bonchev–Trinajstić information content (AvgIpc) is 2.78. The lowest BCUT2D eigenvalue weighted by molar-refractivity contribution is -0.142. The van der Waals surface area contributed by atoms with Gasteiger partial charge < -0.3 is 9.72 Å². The second kappa shape index (κ2) is 6.04. The molecule has 1 unspecified atom stereocenters. The molecule has 1 heterocycles. The summed E-state index contributed by atoms with van der Waals surface area (Å²) in [6.07, 6.45) is 0. The lowest BCUT2D eigenvalue weighted by atomic mass is 10.3. The maximum atomic E-state index is 11.6. The zero-order chi connectivity index (χ0) is 15.6. The zero-order valence-electron chi connectivity index (χ0n) is 11.4. The van der Waals surface area contributed by atoms with Crippen LogP contribution in [0.3, 0.4) is 0 Å². The van der Waals surface area contributed by atoms with E-state index < -0.39 is 15.4 Å². The number of aromatic nitrogens is 2. The third-order valence-corrected chi connectivity index (χ3v) is 4.45. The molecule has 0 aliphatic heterocycles. The lowest BCUT2D eigenvalue weighted by Gasteiger charge is -2.07. The van der Waals surface area contributed by atoms with Crippen LogP contribution >= 0.6 is 11.8 Å². The fourth-order valence-electron chi connectivity index (χ4n) is 1.66. The second-order valence-corrected chi connectivity index (χ2v) is 6.96. The summed E-state index contributed by atoms with van der Waals surface area (Å²) >= 11 is 1.18. The fraction of sp³-hybridized carbons (Fsp3) is 0.333. The van der Waals surface area contributed by atoms with Gasteiger partial charge in [0.25, 0.3) is 10.1 Å². The quantitative estimate of drug-likeness (QED) is 0.489. The van der Waals surface area contributed by atoms with Crippen LogP contribution in [0.15, 0.2) is 28.3 Å². The Labute approximate surface area is 125 Å². The van der Waals surface area contributed by atoms with Gasteiger partial charge in [-0.25, -0.2) is 4.98 Å². The maximum absolute atomic E-state index is 11.6. The molecule has 0 saturated carbocycles. The van der Waals surface area contributed by atoms with Crippen molar-refractivity contribution in [1.29, 1.82) is 0 Å². The molecule has 0 aliphatic carbocycles. The first-order valence-corrected chi connectivity index (χ1v) is 8.43. The normalized spacial score (nSPS) is 13.3. The summed E-state index contributed by atoms with van der Waals surface area (Å²) in [6, 6.07) is 4.03. The number of H-pyrrole nitrogens is 1. The van der Waals surface area contributed by atoms with E-state index in [2.05, 4.69) is 9.97 Å². The molecule has 114 valence electrons. The van der Waals surface area contributed by atoms with Crippen molar-refractivity contribution in [2.75, 3.05) is 6.61 Å². The number of fused-ring (bicyclic) bond motifs is 1. The molecule has 21 heavy (non-hydrogen) atoms. The number of aromatic amines is 1. The van der Waals surface area contributed by atoms with Crippen LogP contribution in [0, 0.1) is 0 Å². The standard InChI is InChI=1S/C12H14N2O5S2/c1-3-19-11(15)7(2)20-12-13-9-5-4-8(21(16,17)18)6-10(9)14-12/h4-7H,3H2,1-2H3,(H,13,14)(H,16,17,18). The van der Waals surface area contributed by atoms with Crippen LogP contribution < -0.4 is 0 Å². The molecular weight excluding hydrogens is 316 g/mol. The van der Waals surface area contributed by atoms with E-state index in [0.717, 1.165) is 0 Å². The number of ether oxygens (including phenoxy) is 1. The number of nitrogens with one attached hydrogen (secondary N) is 1. The van der Waals surface area contributed by atoms with E-state index in [0.29, 0.717) is 22.8 Å². The number of imidazole rings is 1. The topological polar surface area (TPSA) is 109 Å². The largest absolute Gasteiger partial charge is 0.465 e. The first-order valence-electron chi connectivity index (χ1n) is 6.12. The van der Waals surface area contributed by atoms with Gasteiger partial charge in [-0.05, 0) is 32.0 Å². The van der Waals surface area contributed by atoms with Gasteiger partial charge in [0.05, 0.1) is 22.5 Å². The third-order valence-electron chi connectivity index (χ3n) is 2.64. The molecule has 2 aromatic rings. The van der Waals surface area contributed by atoms with E-state index in [1.165, 1.54) is 30.0 Å². The van der Waals surface area contributed by atoms with Gasteiger partial charge in [0.1, 0.15) is 5.25 Å². The minimum Gasteiger partial charge on any atom is -0.465 e. The van der Waals surface area contributed by atoms with E-state index in [1.54, 1.807) is 13.8 Å². The molecule has 1 aromatic heterocycles. The van der Waals surface area contributed by atoms with E-state index in [1.807, 2.05) is 0 Å². The van der Waals surface area contributed by atoms with Gasteiger partial charge in [-0.3, -0.25) is 9.35 Å². The Kier molecular flexibility index (Phi) is 4.55. The number of carbonyl (C=O) groups is 1. The highest BCUT2D eigenvalue weighted by atomic mass is 32.2. The predicted molar refractivity (Wildman–Crippen MR) is 77.9 cm³/mol. The summed E-state index contributed by atoms with van der Waals surface area (Å²) in [5.74, 6) is -0.346. The Bertz CT molecular complexity index is 769. The second-order valence-electron chi connectivity index (χ2n) is 4.21. The van der Waals surface area contributed by atoms with Crippen LogP contribution in [-0.2, 0) is 19.6 Å². The maximum Gasteiger partial charge on any atom is 0.319 e. The summed E-state index contributed by atoms with van der Waals surface area (Å²) in [4.78, 5) is 18.5. The van der Waals surface area contributed by atoms with Crippen molar-refractivity contribution in [2.24, 2.45) is 0 Å². The summed E-state index contributed by atoms with van der Waals surface area (Å²) in [7, 11) is -4.26. The van der Waals surface area contributed by atoms with Gasteiger partial charge in [-0.2, -0.15) is 8.42 Å². The predicted octanol–water partition coefficient (Wildman–Crippen LogP) is 1.85. The molecule has 1 atom stereocenters. The van der Waals surface area contributed by atoms with Gasteiger partial charge in [-0.15, -0.1) is 0 Å². The number of esters is 1. The molecule has 9 heteroatoms. The minimum absolute atomic E-state index is 0.214. The van der Waals surface area contributed by atoms with Crippen molar-refractivity contribution in [1.82, 2.24) is 9.97 Å². The van der Waals surface area contributed by atoms with E-state index >= 15 is 0 Å². The van der Waals surface area contributed by atoms with E-state index in [9.17, 15) is 13.2 Å². The lowest BCUT2D eigenvalue weighted by Crippen LogP contribution is -2.16. The molecule has 2 rings (SSSR count). The molecule has 0 aliphatic rings. The Morgan fingerprint density at radius 1 is 1.52 bits per heavy atom. The smallest absolute Gasteiger partial charge is 0.319 e. The van der Waals surface area contributed by atoms with E-state index in [-0.39, 0.29) is 10.9 Å². The molecule has 7 nitrogen and oxygen atoms in total. The molecule has 2 N–H and O–H groups in total. The highest BCUT2D eigenvalue weighted by molar-refractivity contribution is 8.00. The number of carbonyl (C=O) groups excluding carboxylic acids is 1. The molecule has 0 saturated heterocycles. The summed E-state index contributed by atoms with van der Waals surface area (Å²) in [6.45, 7) is 3.73. The van der Waals surface area contributed by atoms with Gasteiger partial charge in [0, 0.05) is 0 Å². The number of benzene rings is 1. The molecule has 0 radical (unpaired) electrons. The molecule has 1 aromatic carbocycles. The van der Waals surface area contributed by atoms with Crippen molar-refractivity contribution in [3.63, 3.8) is 0 Å². The molecule has 0 spiro atoms. The molecular formula is C12H14N2O5S2. The van der Waals surface area contributed by atoms with Gasteiger partial charge in [0.2, 0.25) is 0 Å². The number of hydrogen-bond acceptors (Lipinski definition) is 6. The van der Waals surface area contributed by atoms with Crippen LogP contribution in [0.1, 0.15) is 13.8 Å². The third kappa shape index (κ3) is 3.74.